The maximum Gasteiger partial charge on any atom is 0.158 e. The highest BCUT2D eigenvalue weighted by Crippen LogP contribution is 2.04. The Labute approximate surface area is 106 Å². The predicted molar refractivity (Wildman–Crippen MR) is 70.0 cm³/mol. The summed E-state index contributed by atoms with van der Waals surface area (Å²) in [6, 6.07) is 0. The second-order valence-corrected chi connectivity index (χ2v) is 4.62. The van der Waals surface area contributed by atoms with Crippen LogP contribution in [0.1, 0.15) is 40.5 Å². The minimum atomic E-state index is -0.257. The Morgan fingerprint density at radius 3 is 2.18 bits per heavy atom. The molecule has 0 radical (unpaired) electrons. The van der Waals surface area contributed by atoms with Gasteiger partial charge in [0.1, 0.15) is 0 Å². The number of rotatable bonds is 11. The molecule has 104 valence electrons. The van der Waals surface area contributed by atoms with Crippen molar-refractivity contribution in [1.29, 1.82) is 0 Å². The Morgan fingerprint density at radius 2 is 1.71 bits per heavy atom. The summed E-state index contributed by atoms with van der Waals surface area (Å²) in [5, 5.41) is 12.9. The molecule has 0 bridgehead atoms. The van der Waals surface area contributed by atoms with Crippen molar-refractivity contribution in [2.75, 3.05) is 26.3 Å². The van der Waals surface area contributed by atoms with Gasteiger partial charge in [0, 0.05) is 32.7 Å². The summed E-state index contributed by atoms with van der Waals surface area (Å²) in [5.41, 5.74) is 0. The smallest absolute Gasteiger partial charge is 0.158 e. The molecule has 0 aromatic heterocycles. The van der Waals surface area contributed by atoms with Crippen molar-refractivity contribution in [1.82, 2.24) is 5.32 Å². The maximum absolute atomic E-state index is 9.67. The van der Waals surface area contributed by atoms with E-state index in [0.717, 1.165) is 19.4 Å². The van der Waals surface area contributed by atoms with Crippen molar-refractivity contribution in [2.24, 2.45) is 5.92 Å². The van der Waals surface area contributed by atoms with Crippen LogP contribution < -0.4 is 5.32 Å². The summed E-state index contributed by atoms with van der Waals surface area (Å²) < 4.78 is 10.9. The highest BCUT2D eigenvalue weighted by atomic mass is 16.7. The van der Waals surface area contributed by atoms with Crippen LogP contribution in [0.25, 0.3) is 0 Å². The Morgan fingerprint density at radius 1 is 1.12 bits per heavy atom. The van der Waals surface area contributed by atoms with Gasteiger partial charge in [0.2, 0.25) is 0 Å². The van der Waals surface area contributed by atoms with Gasteiger partial charge in [-0.2, -0.15) is 0 Å². The van der Waals surface area contributed by atoms with Crippen LogP contribution in [0.5, 0.6) is 0 Å². The van der Waals surface area contributed by atoms with E-state index >= 15 is 0 Å². The van der Waals surface area contributed by atoms with Gasteiger partial charge in [-0.1, -0.05) is 13.8 Å². The molecule has 0 heterocycles. The van der Waals surface area contributed by atoms with Crippen molar-refractivity contribution in [3.05, 3.63) is 0 Å². The van der Waals surface area contributed by atoms with Crippen molar-refractivity contribution >= 4 is 0 Å². The number of aliphatic hydroxyl groups is 1. The highest BCUT2D eigenvalue weighted by Gasteiger charge is 2.09. The van der Waals surface area contributed by atoms with Gasteiger partial charge < -0.3 is 19.9 Å². The van der Waals surface area contributed by atoms with Crippen molar-refractivity contribution in [3.63, 3.8) is 0 Å². The van der Waals surface area contributed by atoms with Crippen LogP contribution in [-0.4, -0.2) is 43.8 Å². The molecule has 0 aromatic rings. The molecule has 0 aliphatic rings. The third kappa shape index (κ3) is 10.7. The Balaban J connectivity index is 3.52. The molecular formula is C13H29NO3. The van der Waals surface area contributed by atoms with E-state index in [2.05, 4.69) is 19.2 Å². The van der Waals surface area contributed by atoms with E-state index in [9.17, 15) is 5.11 Å². The number of nitrogens with one attached hydrogen (secondary N) is 1. The summed E-state index contributed by atoms with van der Waals surface area (Å²) in [5.74, 6) is 0.534. The van der Waals surface area contributed by atoms with Crippen molar-refractivity contribution in [3.8, 4) is 0 Å². The monoisotopic (exact) mass is 247 g/mol. The fourth-order valence-corrected chi connectivity index (χ4v) is 1.70. The molecule has 4 heteroatoms. The molecule has 0 aliphatic heterocycles. The summed E-state index contributed by atoms with van der Waals surface area (Å²) in [6.07, 6.45) is 1.27. The van der Waals surface area contributed by atoms with Crippen LogP contribution in [0.2, 0.25) is 0 Å². The largest absolute Gasteiger partial charge is 0.392 e. The molecule has 2 N–H and O–H groups in total. The molecule has 0 aliphatic carbocycles. The van der Waals surface area contributed by atoms with Gasteiger partial charge in [-0.3, -0.25) is 0 Å². The minimum absolute atomic E-state index is 0.125. The van der Waals surface area contributed by atoms with Crippen LogP contribution in [0.4, 0.5) is 0 Å². The van der Waals surface area contributed by atoms with Crippen molar-refractivity contribution < 1.29 is 14.6 Å². The normalized spacial score (nSPS) is 13.6. The molecule has 0 fully saturated rings. The summed E-state index contributed by atoms with van der Waals surface area (Å²) in [4.78, 5) is 0. The van der Waals surface area contributed by atoms with Gasteiger partial charge in [0.05, 0.1) is 6.10 Å². The van der Waals surface area contributed by atoms with Crippen LogP contribution in [-0.2, 0) is 9.47 Å². The molecule has 1 unspecified atom stereocenters. The predicted octanol–water partition coefficient (Wildman–Crippen LogP) is 1.77. The van der Waals surface area contributed by atoms with E-state index in [-0.39, 0.29) is 12.4 Å². The first kappa shape index (κ1) is 16.8. The molecule has 0 amide bonds. The molecule has 0 saturated carbocycles. The second-order valence-electron chi connectivity index (χ2n) is 4.62. The van der Waals surface area contributed by atoms with Crippen LogP contribution in [0.15, 0.2) is 0 Å². The lowest BCUT2D eigenvalue weighted by atomic mass is 10.1. The third-order valence-corrected chi connectivity index (χ3v) is 2.39. The average Bonchev–Trinajstić information content (AvgIpc) is 2.24. The van der Waals surface area contributed by atoms with E-state index in [1.54, 1.807) is 0 Å². The first-order valence-electron chi connectivity index (χ1n) is 6.72. The van der Waals surface area contributed by atoms with E-state index in [0.29, 0.717) is 25.7 Å². The lowest BCUT2D eigenvalue weighted by Gasteiger charge is -2.18. The first-order chi connectivity index (χ1) is 8.10. The van der Waals surface area contributed by atoms with Gasteiger partial charge >= 0.3 is 0 Å². The molecular weight excluding hydrogens is 218 g/mol. The summed E-state index contributed by atoms with van der Waals surface area (Å²) >= 11 is 0. The fourth-order valence-electron chi connectivity index (χ4n) is 1.70. The molecule has 0 saturated heterocycles. The second kappa shape index (κ2) is 11.0. The number of aliphatic hydroxyl groups excluding tert-OH is 1. The number of ether oxygens (including phenoxy) is 2. The number of hydrogen-bond acceptors (Lipinski definition) is 4. The van der Waals surface area contributed by atoms with Gasteiger partial charge in [-0.15, -0.1) is 0 Å². The molecule has 17 heavy (non-hydrogen) atoms. The van der Waals surface area contributed by atoms with E-state index in [4.69, 9.17) is 9.47 Å². The molecule has 0 rings (SSSR count). The SMILES string of the molecule is CCOC(CCNCC(O)CC(C)C)OCC. The molecule has 0 aromatic carbocycles. The zero-order chi connectivity index (χ0) is 13.1. The first-order valence-corrected chi connectivity index (χ1v) is 6.72. The molecule has 1 atom stereocenters. The third-order valence-electron chi connectivity index (χ3n) is 2.39. The van der Waals surface area contributed by atoms with Gasteiger partial charge in [-0.05, 0) is 26.2 Å². The Hall–Kier alpha value is -0.160. The summed E-state index contributed by atoms with van der Waals surface area (Å²) in [6.45, 7) is 10.9. The van der Waals surface area contributed by atoms with Gasteiger partial charge in [-0.25, -0.2) is 0 Å². The van der Waals surface area contributed by atoms with E-state index < -0.39 is 0 Å². The zero-order valence-corrected chi connectivity index (χ0v) is 11.7. The van der Waals surface area contributed by atoms with E-state index in [1.165, 1.54) is 0 Å². The highest BCUT2D eigenvalue weighted by molar-refractivity contribution is 4.62. The Kier molecular flexibility index (Phi) is 10.9. The van der Waals surface area contributed by atoms with Crippen LogP contribution >= 0.6 is 0 Å². The average molecular weight is 247 g/mol. The molecule has 0 spiro atoms. The van der Waals surface area contributed by atoms with Crippen molar-refractivity contribution in [2.45, 2.75) is 52.9 Å². The van der Waals surface area contributed by atoms with Crippen LogP contribution in [0.3, 0.4) is 0 Å². The minimum Gasteiger partial charge on any atom is -0.392 e. The zero-order valence-electron chi connectivity index (χ0n) is 11.7. The van der Waals surface area contributed by atoms with Crippen LogP contribution in [0, 0.1) is 5.92 Å². The summed E-state index contributed by atoms with van der Waals surface area (Å²) in [7, 11) is 0. The number of hydrogen-bond donors (Lipinski definition) is 2. The van der Waals surface area contributed by atoms with E-state index in [1.807, 2.05) is 13.8 Å². The lowest BCUT2D eigenvalue weighted by molar-refractivity contribution is -0.138. The quantitative estimate of drug-likeness (QED) is 0.431. The van der Waals surface area contributed by atoms with Gasteiger partial charge in [0.15, 0.2) is 6.29 Å². The Bertz CT molecular complexity index is 159. The standard InChI is InChI=1S/C13H29NO3/c1-5-16-13(17-6-2)7-8-14-10-12(15)9-11(3)4/h11-15H,5-10H2,1-4H3. The van der Waals surface area contributed by atoms with Gasteiger partial charge in [0.25, 0.3) is 0 Å². The molecule has 4 nitrogen and oxygen atoms in total. The topological polar surface area (TPSA) is 50.7 Å². The lowest BCUT2D eigenvalue weighted by Crippen LogP contribution is -2.31. The maximum atomic E-state index is 9.67. The fraction of sp³-hybridized carbons (Fsp3) is 1.00.